The van der Waals surface area contributed by atoms with Crippen LogP contribution in [0.5, 0.6) is 0 Å². The summed E-state index contributed by atoms with van der Waals surface area (Å²) in [6, 6.07) is 14.6. The van der Waals surface area contributed by atoms with Gasteiger partial charge in [0.05, 0.1) is 0 Å². The van der Waals surface area contributed by atoms with Crippen LogP contribution in [0.1, 0.15) is 48.2 Å². The molecule has 1 aliphatic carbocycles. The Hall–Kier alpha value is -2.36. The van der Waals surface area contributed by atoms with Crippen LogP contribution in [0.3, 0.4) is 0 Å². The molecule has 0 atom stereocenters. The van der Waals surface area contributed by atoms with Crippen molar-refractivity contribution in [1.82, 2.24) is 10.3 Å². The smallest absolute Gasteiger partial charge is 0.270 e. The van der Waals surface area contributed by atoms with Crippen molar-refractivity contribution in [2.75, 3.05) is 11.9 Å². The standard InChI is InChI=1S/C20H25N3O/c24-20(23-17-10-4-5-11-17)19-15-18(12-14-22-19)21-13-6-9-16-7-2-1-3-8-16/h1-3,7-8,12,14-15,17H,4-6,9-11,13H2,(H,21,22)(H,23,24). The van der Waals surface area contributed by atoms with Crippen molar-refractivity contribution < 1.29 is 4.79 Å². The van der Waals surface area contributed by atoms with Crippen LogP contribution in [0.25, 0.3) is 0 Å². The van der Waals surface area contributed by atoms with Crippen LogP contribution in [-0.4, -0.2) is 23.5 Å². The third kappa shape index (κ3) is 4.82. The van der Waals surface area contributed by atoms with E-state index in [9.17, 15) is 4.79 Å². The molecule has 1 aromatic heterocycles. The number of nitrogens with one attached hydrogen (secondary N) is 2. The van der Waals surface area contributed by atoms with Crippen LogP contribution < -0.4 is 10.6 Å². The zero-order valence-electron chi connectivity index (χ0n) is 14.0. The Morgan fingerprint density at radius 2 is 1.92 bits per heavy atom. The molecule has 0 aliphatic heterocycles. The predicted octanol–water partition coefficient (Wildman–Crippen LogP) is 3.80. The molecule has 1 heterocycles. The Morgan fingerprint density at radius 1 is 1.12 bits per heavy atom. The molecule has 1 aliphatic rings. The van der Waals surface area contributed by atoms with Gasteiger partial charge in [0.2, 0.25) is 0 Å². The fourth-order valence-electron chi connectivity index (χ4n) is 3.16. The first kappa shape index (κ1) is 16.5. The van der Waals surface area contributed by atoms with Crippen LogP contribution >= 0.6 is 0 Å². The van der Waals surface area contributed by atoms with Gasteiger partial charge >= 0.3 is 0 Å². The zero-order chi connectivity index (χ0) is 16.6. The van der Waals surface area contributed by atoms with E-state index in [4.69, 9.17) is 0 Å². The molecule has 1 fully saturated rings. The highest BCUT2D eigenvalue weighted by Crippen LogP contribution is 2.18. The average Bonchev–Trinajstić information content (AvgIpc) is 3.13. The Balaban J connectivity index is 1.46. The van der Waals surface area contributed by atoms with E-state index in [1.807, 2.05) is 18.2 Å². The molecule has 2 aromatic rings. The van der Waals surface area contributed by atoms with Crippen LogP contribution in [-0.2, 0) is 6.42 Å². The van der Waals surface area contributed by atoms with E-state index in [0.29, 0.717) is 11.7 Å². The summed E-state index contributed by atoms with van der Waals surface area (Å²) >= 11 is 0. The van der Waals surface area contributed by atoms with Crippen molar-refractivity contribution in [1.29, 1.82) is 0 Å². The summed E-state index contributed by atoms with van der Waals surface area (Å²) in [6.07, 6.45) is 8.39. The van der Waals surface area contributed by atoms with Crippen LogP contribution in [0, 0.1) is 0 Å². The Bertz CT molecular complexity index is 651. The van der Waals surface area contributed by atoms with E-state index >= 15 is 0 Å². The monoisotopic (exact) mass is 323 g/mol. The van der Waals surface area contributed by atoms with Crippen LogP contribution in [0.2, 0.25) is 0 Å². The van der Waals surface area contributed by atoms with Crippen molar-refractivity contribution in [2.45, 2.75) is 44.6 Å². The van der Waals surface area contributed by atoms with Crippen molar-refractivity contribution in [3.05, 3.63) is 59.9 Å². The molecule has 3 rings (SSSR count). The maximum absolute atomic E-state index is 12.3. The summed E-state index contributed by atoms with van der Waals surface area (Å²) in [6.45, 7) is 0.878. The first-order chi connectivity index (χ1) is 11.8. The van der Waals surface area contributed by atoms with Crippen LogP contribution in [0.4, 0.5) is 5.69 Å². The summed E-state index contributed by atoms with van der Waals surface area (Å²) in [7, 11) is 0. The molecule has 1 amide bonds. The number of benzene rings is 1. The molecule has 0 radical (unpaired) electrons. The lowest BCUT2D eigenvalue weighted by atomic mass is 10.1. The molecule has 0 unspecified atom stereocenters. The van der Waals surface area contributed by atoms with Crippen molar-refractivity contribution in [3.63, 3.8) is 0 Å². The SMILES string of the molecule is O=C(NC1CCCC1)c1cc(NCCCc2ccccc2)ccn1. The number of carbonyl (C=O) groups excluding carboxylic acids is 1. The number of rotatable bonds is 7. The van der Waals surface area contributed by atoms with E-state index < -0.39 is 0 Å². The molecule has 126 valence electrons. The van der Waals surface area contributed by atoms with Gasteiger partial charge in [0, 0.05) is 24.5 Å². The lowest BCUT2D eigenvalue weighted by Crippen LogP contribution is -2.33. The van der Waals surface area contributed by atoms with Gasteiger partial charge < -0.3 is 10.6 Å². The minimum absolute atomic E-state index is 0.0603. The van der Waals surface area contributed by atoms with Crippen molar-refractivity contribution in [3.8, 4) is 0 Å². The molecule has 1 aromatic carbocycles. The van der Waals surface area contributed by atoms with Gasteiger partial charge in [-0.2, -0.15) is 0 Å². The normalized spacial score (nSPS) is 14.5. The van der Waals surface area contributed by atoms with Gasteiger partial charge in [0.15, 0.2) is 0 Å². The van der Waals surface area contributed by atoms with Gasteiger partial charge in [-0.15, -0.1) is 0 Å². The van der Waals surface area contributed by atoms with Gasteiger partial charge in [0.1, 0.15) is 5.69 Å². The number of aryl methyl sites for hydroxylation is 1. The van der Waals surface area contributed by atoms with E-state index in [1.165, 1.54) is 18.4 Å². The molecule has 0 saturated heterocycles. The quantitative estimate of drug-likeness (QED) is 0.762. The van der Waals surface area contributed by atoms with E-state index in [0.717, 1.165) is 37.9 Å². The fraction of sp³-hybridized carbons (Fsp3) is 0.400. The third-order valence-corrected chi connectivity index (χ3v) is 4.50. The molecular weight excluding hydrogens is 298 g/mol. The number of amides is 1. The molecule has 0 spiro atoms. The third-order valence-electron chi connectivity index (χ3n) is 4.50. The molecule has 1 saturated carbocycles. The number of nitrogens with zero attached hydrogens (tertiary/aromatic N) is 1. The van der Waals surface area contributed by atoms with Crippen molar-refractivity contribution in [2.24, 2.45) is 0 Å². The lowest BCUT2D eigenvalue weighted by molar-refractivity contribution is 0.0933. The maximum atomic E-state index is 12.3. The molecule has 2 N–H and O–H groups in total. The highest BCUT2D eigenvalue weighted by atomic mass is 16.1. The Morgan fingerprint density at radius 3 is 2.71 bits per heavy atom. The predicted molar refractivity (Wildman–Crippen MR) is 97.2 cm³/mol. The highest BCUT2D eigenvalue weighted by Gasteiger charge is 2.18. The second-order valence-electron chi connectivity index (χ2n) is 6.40. The molecule has 24 heavy (non-hydrogen) atoms. The second-order valence-corrected chi connectivity index (χ2v) is 6.40. The fourth-order valence-corrected chi connectivity index (χ4v) is 3.16. The number of anilines is 1. The number of pyridine rings is 1. The largest absolute Gasteiger partial charge is 0.385 e. The highest BCUT2D eigenvalue weighted by molar-refractivity contribution is 5.93. The van der Waals surface area contributed by atoms with Gasteiger partial charge in [-0.25, -0.2) is 0 Å². The van der Waals surface area contributed by atoms with E-state index in [2.05, 4.69) is 39.9 Å². The van der Waals surface area contributed by atoms with E-state index in [1.54, 1.807) is 6.20 Å². The number of hydrogen-bond donors (Lipinski definition) is 2. The minimum atomic E-state index is -0.0603. The first-order valence-corrected chi connectivity index (χ1v) is 8.86. The summed E-state index contributed by atoms with van der Waals surface area (Å²) in [5, 5.41) is 6.47. The zero-order valence-corrected chi connectivity index (χ0v) is 14.0. The number of hydrogen-bond acceptors (Lipinski definition) is 3. The molecule has 4 heteroatoms. The maximum Gasteiger partial charge on any atom is 0.270 e. The van der Waals surface area contributed by atoms with Gasteiger partial charge in [0.25, 0.3) is 5.91 Å². The summed E-state index contributed by atoms with van der Waals surface area (Å²) in [5.41, 5.74) is 2.80. The van der Waals surface area contributed by atoms with Crippen LogP contribution in [0.15, 0.2) is 48.7 Å². The first-order valence-electron chi connectivity index (χ1n) is 8.86. The molecular formula is C20H25N3O. The average molecular weight is 323 g/mol. The van der Waals surface area contributed by atoms with Gasteiger partial charge in [-0.05, 0) is 43.4 Å². The van der Waals surface area contributed by atoms with Gasteiger partial charge in [-0.3, -0.25) is 9.78 Å². The summed E-state index contributed by atoms with van der Waals surface area (Å²) < 4.78 is 0. The Labute approximate surface area is 143 Å². The Kier molecular flexibility index (Phi) is 5.83. The lowest BCUT2D eigenvalue weighted by Gasteiger charge is -2.12. The van der Waals surface area contributed by atoms with E-state index in [-0.39, 0.29) is 5.91 Å². The number of carbonyl (C=O) groups is 1. The summed E-state index contributed by atoms with van der Waals surface area (Å²) in [4.78, 5) is 16.5. The molecule has 4 nitrogen and oxygen atoms in total. The van der Waals surface area contributed by atoms with Gasteiger partial charge in [-0.1, -0.05) is 43.2 Å². The van der Waals surface area contributed by atoms with Crippen molar-refractivity contribution >= 4 is 11.6 Å². The minimum Gasteiger partial charge on any atom is -0.385 e. The summed E-state index contributed by atoms with van der Waals surface area (Å²) in [5.74, 6) is -0.0603. The second kappa shape index (κ2) is 8.48. The molecule has 0 bridgehead atoms. The topological polar surface area (TPSA) is 54.0 Å². The number of aromatic nitrogens is 1.